The molecule has 1 aliphatic carbocycles. The van der Waals surface area contributed by atoms with Gasteiger partial charge in [-0.25, -0.2) is 0 Å². The van der Waals surface area contributed by atoms with Gasteiger partial charge in [0.1, 0.15) is 0 Å². The molecule has 0 heterocycles. The fraction of sp³-hybridized carbons (Fsp3) is 0.500. The fourth-order valence-corrected chi connectivity index (χ4v) is 4.03. The van der Waals surface area contributed by atoms with Crippen LogP contribution in [-0.4, -0.2) is 0 Å². The smallest absolute Gasteiger partial charge is 0.0388 e. The van der Waals surface area contributed by atoms with Gasteiger partial charge in [-0.2, -0.15) is 0 Å². The zero-order valence-corrected chi connectivity index (χ0v) is 17.1. The Balaban J connectivity index is 0.000000758. The van der Waals surface area contributed by atoms with E-state index < -0.39 is 0 Å². The molecule has 2 nitrogen and oxygen atoms in total. The number of nitrogen functional groups attached to an aromatic ring is 2. The molecule has 1 aliphatic rings. The molecule has 0 bridgehead atoms. The fourth-order valence-electron chi connectivity index (χ4n) is 4.03. The SMILES string of the molecule is CCC.CCc1cccc(C(CC)c2ccc3c(c2N)CCCC3)c1N. The molecule has 0 radical (unpaired) electrons. The Bertz CT molecular complexity index is 718. The van der Waals surface area contributed by atoms with E-state index in [0.717, 1.165) is 30.6 Å². The Labute approximate surface area is 160 Å². The average Bonchev–Trinajstić information content (AvgIpc) is 2.66. The summed E-state index contributed by atoms with van der Waals surface area (Å²) in [6.07, 6.45) is 8.06. The van der Waals surface area contributed by atoms with Crippen LogP contribution in [0.1, 0.15) is 87.1 Å². The molecule has 3 rings (SSSR count). The minimum atomic E-state index is 0.286. The van der Waals surface area contributed by atoms with Crippen molar-refractivity contribution in [1.29, 1.82) is 0 Å². The standard InChI is InChI=1S/C21H28N2.C3H8/c1-3-14-9-7-11-18(20(14)22)16(4-2)19-13-12-15-8-5-6-10-17(15)21(19)23;1-3-2/h7,9,11-13,16H,3-6,8,10,22-23H2,1-2H3;3H2,1-2H3. The van der Waals surface area contributed by atoms with Gasteiger partial charge in [0.25, 0.3) is 0 Å². The van der Waals surface area contributed by atoms with Crippen molar-refractivity contribution in [3.8, 4) is 0 Å². The van der Waals surface area contributed by atoms with Crippen molar-refractivity contribution in [1.82, 2.24) is 0 Å². The Kier molecular flexibility index (Phi) is 7.56. The van der Waals surface area contributed by atoms with Crippen LogP contribution in [0.5, 0.6) is 0 Å². The van der Waals surface area contributed by atoms with Crippen molar-refractivity contribution in [2.75, 3.05) is 11.5 Å². The lowest BCUT2D eigenvalue weighted by molar-refractivity contribution is 0.683. The molecule has 2 aromatic carbocycles. The normalized spacial score (nSPS) is 14.2. The number of para-hydroxylation sites is 1. The van der Waals surface area contributed by atoms with Crippen molar-refractivity contribution in [3.05, 3.63) is 58.1 Å². The molecule has 0 fully saturated rings. The van der Waals surface area contributed by atoms with Gasteiger partial charge in [0.05, 0.1) is 0 Å². The zero-order valence-electron chi connectivity index (χ0n) is 17.1. The highest BCUT2D eigenvalue weighted by molar-refractivity contribution is 5.64. The Hall–Kier alpha value is -1.96. The van der Waals surface area contributed by atoms with E-state index in [4.69, 9.17) is 11.5 Å². The molecule has 2 heteroatoms. The Morgan fingerprint density at radius 3 is 2.15 bits per heavy atom. The van der Waals surface area contributed by atoms with Gasteiger partial charge in [-0.05, 0) is 66.3 Å². The van der Waals surface area contributed by atoms with Gasteiger partial charge in [-0.3, -0.25) is 0 Å². The lowest BCUT2D eigenvalue weighted by Crippen LogP contribution is -2.13. The first-order valence-corrected chi connectivity index (χ1v) is 10.4. The molecule has 1 unspecified atom stereocenters. The molecule has 0 aromatic heterocycles. The number of hydrogen-bond acceptors (Lipinski definition) is 2. The van der Waals surface area contributed by atoms with Gasteiger partial charge in [0.15, 0.2) is 0 Å². The highest BCUT2D eigenvalue weighted by Gasteiger charge is 2.22. The van der Waals surface area contributed by atoms with E-state index >= 15 is 0 Å². The monoisotopic (exact) mass is 352 g/mol. The number of benzene rings is 2. The van der Waals surface area contributed by atoms with Gasteiger partial charge >= 0.3 is 0 Å². The second kappa shape index (κ2) is 9.66. The summed E-state index contributed by atoms with van der Waals surface area (Å²) in [4.78, 5) is 0. The molecule has 2 aromatic rings. The van der Waals surface area contributed by atoms with Crippen LogP contribution in [0.2, 0.25) is 0 Å². The lowest BCUT2D eigenvalue weighted by atomic mass is 9.81. The Morgan fingerprint density at radius 1 is 0.846 bits per heavy atom. The van der Waals surface area contributed by atoms with Gasteiger partial charge in [0.2, 0.25) is 0 Å². The third-order valence-electron chi connectivity index (χ3n) is 5.38. The highest BCUT2D eigenvalue weighted by atomic mass is 14.6. The summed E-state index contributed by atoms with van der Waals surface area (Å²) in [6.45, 7) is 8.63. The van der Waals surface area contributed by atoms with Gasteiger partial charge in [0, 0.05) is 17.3 Å². The summed E-state index contributed by atoms with van der Waals surface area (Å²) < 4.78 is 0. The third kappa shape index (κ3) is 4.23. The maximum atomic E-state index is 6.60. The molecule has 0 saturated heterocycles. The van der Waals surface area contributed by atoms with Crippen LogP contribution < -0.4 is 11.5 Å². The van der Waals surface area contributed by atoms with Crippen LogP contribution in [-0.2, 0) is 19.3 Å². The minimum Gasteiger partial charge on any atom is -0.398 e. The predicted octanol–water partition coefficient (Wildman–Crippen LogP) is 6.25. The van der Waals surface area contributed by atoms with E-state index in [2.05, 4.69) is 58.0 Å². The minimum absolute atomic E-state index is 0.286. The number of anilines is 2. The molecule has 0 amide bonds. The number of rotatable bonds is 4. The summed E-state index contributed by atoms with van der Waals surface area (Å²) in [6, 6.07) is 11.0. The van der Waals surface area contributed by atoms with Crippen LogP contribution in [0.3, 0.4) is 0 Å². The summed E-state index contributed by atoms with van der Waals surface area (Å²) in [7, 11) is 0. The van der Waals surface area contributed by atoms with E-state index in [1.54, 1.807) is 0 Å². The topological polar surface area (TPSA) is 52.0 Å². The molecule has 4 N–H and O–H groups in total. The number of nitrogens with two attached hydrogens (primary N) is 2. The van der Waals surface area contributed by atoms with E-state index in [1.165, 1.54) is 53.5 Å². The second-order valence-corrected chi connectivity index (χ2v) is 7.35. The molecular weight excluding hydrogens is 316 g/mol. The van der Waals surface area contributed by atoms with Crippen LogP contribution in [0.15, 0.2) is 30.3 Å². The molecular formula is C24H36N2. The van der Waals surface area contributed by atoms with Crippen molar-refractivity contribution in [3.63, 3.8) is 0 Å². The summed E-state index contributed by atoms with van der Waals surface area (Å²) in [5, 5.41) is 0. The number of fused-ring (bicyclic) bond motifs is 1. The van der Waals surface area contributed by atoms with Crippen molar-refractivity contribution >= 4 is 11.4 Å². The van der Waals surface area contributed by atoms with Crippen LogP contribution in [0, 0.1) is 0 Å². The van der Waals surface area contributed by atoms with Crippen LogP contribution >= 0.6 is 0 Å². The van der Waals surface area contributed by atoms with Crippen molar-refractivity contribution in [2.45, 2.75) is 78.6 Å². The summed E-state index contributed by atoms with van der Waals surface area (Å²) in [5.74, 6) is 0.286. The number of hydrogen-bond donors (Lipinski definition) is 2. The van der Waals surface area contributed by atoms with E-state index in [0.29, 0.717) is 0 Å². The molecule has 0 aliphatic heterocycles. The molecule has 26 heavy (non-hydrogen) atoms. The zero-order chi connectivity index (χ0) is 19.1. The van der Waals surface area contributed by atoms with Gasteiger partial charge < -0.3 is 11.5 Å². The van der Waals surface area contributed by atoms with E-state index in [-0.39, 0.29) is 5.92 Å². The van der Waals surface area contributed by atoms with Gasteiger partial charge in [-0.1, -0.05) is 64.4 Å². The molecule has 1 atom stereocenters. The molecule has 0 spiro atoms. The lowest BCUT2D eigenvalue weighted by Gasteiger charge is -2.25. The predicted molar refractivity (Wildman–Crippen MR) is 116 cm³/mol. The summed E-state index contributed by atoms with van der Waals surface area (Å²) in [5.41, 5.74) is 21.6. The van der Waals surface area contributed by atoms with Crippen molar-refractivity contribution < 1.29 is 0 Å². The third-order valence-corrected chi connectivity index (χ3v) is 5.38. The van der Waals surface area contributed by atoms with Gasteiger partial charge in [-0.15, -0.1) is 0 Å². The van der Waals surface area contributed by atoms with E-state index in [1.807, 2.05) is 0 Å². The second-order valence-electron chi connectivity index (χ2n) is 7.35. The van der Waals surface area contributed by atoms with Crippen molar-refractivity contribution in [2.24, 2.45) is 0 Å². The first kappa shape index (κ1) is 20.4. The van der Waals surface area contributed by atoms with E-state index in [9.17, 15) is 0 Å². The first-order valence-electron chi connectivity index (χ1n) is 10.4. The quantitative estimate of drug-likeness (QED) is 0.639. The molecule has 142 valence electrons. The maximum Gasteiger partial charge on any atom is 0.0388 e. The molecule has 0 saturated carbocycles. The number of aryl methyl sites for hydroxylation is 2. The summed E-state index contributed by atoms with van der Waals surface area (Å²) >= 11 is 0. The first-order chi connectivity index (χ1) is 12.6. The maximum absolute atomic E-state index is 6.60. The van der Waals surface area contributed by atoms with Crippen LogP contribution in [0.25, 0.3) is 0 Å². The Morgan fingerprint density at radius 2 is 1.50 bits per heavy atom. The van der Waals surface area contributed by atoms with Crippen LogP contribution in [0.4, 0.5) is 11.4 Å². The largest absolute Gasteiger partial charge is 0.398 e. The average molecular weight is 353 g/mol. The highest BCUT2D eigenvalue weighted by Crippen LogP contribution is 2.39.